The van der Waals surface area contributed by atoms with Crippen molar-refractivity contribution in [2.75, 3.05) is 37.6 Å². The number of thiophene rings is 1. The first-order valence-electron chi connectivity index (χ1n) is 10.8. The molecule has 1 fully saturated rings. The number of hydrogen-bond acceptors (Lipinski definition) is 6. The number of β-amino-alcohol motifs (C(OH)–C–C–N with tert-alkyl or cyclic N) is 1. The minimum absolute atomic E-state index is 0.290. The van der Waals surface area contributed by atoms with Gasteiger partial charge in [-0.05, 0) is 30.7 Å². The Kier molecular flexibility index (Phi) is 5.87. The zero-order chi connectivity index (χ0) is 22.1. The lowest BCUT2D eigenvalue weighted by Crippen LogP contribution is -2.48. The Morgan fingerprint density at radius 3 is 2.44 bits per heavy atom. The van der Waals surface area contributed by atoms with Crippen molar-refractivity contribution in [3.8, 4) is 11.3 Å². The summed E-state index contributed by atoms with van der Waals surface area (Å²) in [6.45, 7) is 5.83. The maximum atomic E-state index is 13.1. The lowest BCUT2D eigenvalue weighted by Gasteiger charge is -2.35. The summed E-state index contributed by atoms with van der Waals surface area (Å²) in [5.41, 5.74) is 2.81. The molecule has 0 aliphatic carbocycles. The largest absolute Gasteiger partial charge is 0.387 e. The van der Waals surface area contributed by atoms with Gasteiger partial charge >= 0.3 is 0 Å². The highest BCUT2D eigenvalue weighted by molar-refractivity contribution is 7.18. The molecule has 7 heteroatoms. The predicted octanol–water partition coefficient (Wildman–Crippen LogP) is 4.66. The summed E-state index contributed by atoms with van der Waals surface area (Å²) < 4.78 is 13.1. The summed E-state index contributed by atoms with van der Waals surface area (Å²) in [5.74, 6) is 0.472. The fraction of sp³-hybridized carbons (Fsp3) is 0.280. The van der Waals surface area contributed by atoms with E-state index in [9.17, 15) is 9.50 Å². The van der Waals surface area contributed by atoms with Gasteiger partial charge in [0, 0.05) is 48.6 Å². The maximum Gasteiger partial charge on any atom is 0.227 e. The van der Waals surface area contributed by atoms with Crippen molar-refractivity contribution >= 4 is 27.5 Å². The smallest absolute Gasteiger partial charge is 0.227 e. The van der Waals surface area contributed by atoms with Crippen molar-refractivity contribution in [2.45, 2.75) is 13.0 Å². The van der Waals surface area contributed by atoms with Crippen LogP contribution >= 0.6 is 11.3 Å². The van der Waals surface area contributed by atoms with Crippen LogP contribution in [0.25, 0.3) is 21.5 Å². The highest BCUT2D eigenvalue weighted by Crippen LogP contribution is 2.33. The summed E-state index contributed by atoms with van der Waals surface area (Å²) in [7, 11) is 0. The molecule has 164 valence electrons. The standard InChI is InChI=1S/C25H25FN4OS/c1-17-15-21-23(19-5-3-2-4-6-19)27-25(28-24(21)32-17)30-13-11-29(12-14-30)16-22(31)18-7-9-20(26)10-8-18/h2-10,15,22,31H,11-14,16H2,1H3. The average Bonchev–Trinajstić information content (AvgIpc) is 3.20. The predicted molar refractivity (Wildman–Crippen MR) is 128 cm³/mol. The first-order chi connectivity index (χ1) is 15.6. The number of aliphatic hydroxyl groups excluding tert-OH is 1. The van der Waals surface area contributed by atoms with E-state index < -0.39 is 6.10 Å². The first-order valence-corrected chi connectivity index (χ1v) is 11.6. The molecule has 0 radical (unpaired) electrons. The molecule has 0 amide bonds. The van der Waals surface area contributed by atoms with Crippen molar-refractivity contribution in [3.05, 3.63) is 76.9 Å². The van der Waals surface area contributed by atoms with Gasteiger partial charge in [0.2, 0.25) is 5.95 Å². The van der Waals surface area contributed by atoms with Crippen LogP contribution in [0.1, 0.15) is 16.5 Å². The number of nitrogens with zero attached hydrogens (tertiary/aromatic N) is 4. The van der Waals surface area contributed by atoms with E-state index in [0.29, 0.717) is 6.54 Å². The van der Waals surface area contributed by atoms with Crippen LogP contribution < -0.4 is 4.90 Å². The molecule has 0 bridgehead atoms. The second kappa shape index (κ2) is 8.94. The van der Waals surface area contributed by atoms with Gasteiger partial charge in [0.1, 0.15) is 10.6 Å². The fourth-order valence-corrected chi connectivity index (χ4v) is 5.03. The summed E-state index contributed by atoms with van der Waals surface area (Å²) in [6.07, 6.45) is -0.631. The number of piperazine rings is 1. The molecule has 5 nitrogen and oxygen atoms in total. The zero-order valence-electron chi connectivity index (χ0n) is 17.9. The fourth-order valence-electron chi connectivity index (χ4n) is 4.15. The van der Waals surface area contributed by atoms with Gasteiger partial charge in [0.05, 0.1) is 11.8 Å². The van der Waals surface area contributed by atoms with E-state index in [2.05, 4.69) is 34.9 Å². The Morgan fingerprint density at radius 2 is 1.72 bits per heavy atom. The maximum absolute atomic E-state index is 13.1. The summed E-state index contributed by atoms with van der Waals surface area (Å²) in [5, 5.41) is 11.6. The van der Waals surface area contributed by atoms with Crippen molar-refractivity contribution < 1.29 is 9.50 Å². The first kappa shape index (κ1) is 21.0. The van der Waals surface area contributed by atoms with Gasteiger partial charge in [0.15, 0.2) is 0 Å². The number of benzene rings is 2. The zero-order valence-corrected chi connectivity index (χ0v) is 18.7. The molecule has 4 aromatic rings. The molecule has 1 saturated heterocycles. The normalized spacial score (nSPS) is 15.9. The van der Waals surface area contributed by atoms with E-state index in [1.54, 1.807) is 23.5 Å². The second-order valence-electron chi connectivity index (χ2n) is 8.17. The number of halogens is 1. The van der Waals surface area contributed by atoms with Gasteiger partial charge in [-0.15, -0.1) is 11.3 Å². The van der Waals surface area contributed by atoms with E-state index in [-0.39, 0.29) is 5.82 Å². The van der Waals surface area contributed by atoms with E-state index in [0.717, 1.165) is 59.2 Å². The Balaban J connectivity index is 1.32. The van der Waals surface area contributed by atoms with Crippen LogP contribution in [0.3, 0.4) is 0 Å². The molecule has 2 aromatic carbocycles. The van der Waals surface area contributed by atoms with E-state index in [4.69, 9.17) is 9.97 Å². The van der Waals surface area contributed by atoms with Crippen LogP contribution in [0, 0.1) is 12.7 Å². The Labute approximate surface area is 190 Å². The number of aromatic nitrogens is 2. The van der Waals surface area contributed by atoms with Crippen molar-refractivity contribution in [2.24, 2.45) is 0 Å². The van der Waals surface area contributed by atoms with Crippen LogP contribution in [0.5, 0.6) is 0 Å². The quantitative estimate of drug-likeness (QED) is 0.481. The Morgan fingerprint density at radius 1 is 1.00 bits per heavy atom. The van der Waals surface area contributed by atoms with Gasteiger partial charge in [-0.25, -0.2) is 14.4 Å². The van der Waals surface area contributed by atoms with Crippen LogP contribution in [0.15, 0.2) is 60.7 Å². The van der Waals surface area contributed by atoms with Crippen LogP contribution in [-0.4, -0.2) is 52.7 Å². The number of aryl methyl sites for hydroxylation is 1. The third-order valence-corrected chi connectivity index (χ3v) is 6.84. The van der Waals surface area contributed by atoms with Gasteiger partial charge in [-0.1, -0.05) is 42.5 Å². The van der Waals surface area contributed by atoms with Crippen molar-refractivity contribution in [1.29, 1.82) is 0 Å². The number of fused-ring (bicyclic) bond motifs is 1. The van der Waals surface area contributed by atoms with Gasteiger partial charge in [0.25, 0.3) is 0 Å². The summed E-state index contributed by atoms with van der Waals surface area (Å²) >= 11 is 1.70. The summed E-state index contributed by atoms with van der Waals surface area (Å²) in [6, 6.07) is 18.5. The number of aliphatic hydroxyl groups is 1. The highest BCUT2D eigenvalue weighted by Gasteiger charge is 2.23. The van der Waals surface area contributed by atoms with Crippen molar-refractivity contribution in [3.63, 3.8) is 0 Å². The molecular formula is C25H25FN4OS. The third-order valence-electron chi connectivity index (χ3n) is 5.89. The molecule has 1 aliphatic rings. The SMILES string of the molecule is Cc1cc2c(-c3ccccc3)nc(N3CCN(CC(O)c4ccc(F)cc4)CC3)nc2s1. The topological polar surface area (TPSA) is 52.5 Å². The van der Waals surface area contributed by atoms with Gasteiger partial charge in [-0.2, -0.15) is 0 Å². The lowest BCUT2D eigenvalue weighted by atomic mass is 10.1. The molecule has 2 aromatic heterocycles. The number of rotatable bonds is 5. The van der Waals surface area contributed by atoms with Crippen LogP contribution in [0.4, 0.5) is 10.3 Å². The molecule has 3 heterocycles. The molecule has 1 aliphatic heterocycles. The summed E-state index contributed by atoms with van der Waals surface area (Å²) in [4.78, 5) is 16.5. The molecule has 5 rings (SSSR count). The second-order valence-corrected chi connectivity index (χ2v) is 9.40. The number of anilines is 1. The van der Waals surface area contributed by atoms with Crippen LogP contribution in [0.2, 0.25) is 0 Å². The van der Waals surface area contributed by atoms with Gasteiger partial charge < -0.3 is 10.0 Å². The molecular weight excluding hydrogens is 423 g/mol. The molecule has 0 saturated carbocycles. The monoisotopic (exact) mass is 448 g/mol. The number of hydrogen-bond donors (Lipinski definition) is 1. The highest BCUT2D eigenvalue weighted by atomic mass is 32.1. The minimum Gasteiger partial charge on any atom is -0.387 e. The van der Waals surface area contributed by atoms with Crippen molar-refractivity contribution in [1.82, 2.24) is 14.9 Å². The minimum atomic E-state index is -0.631. The third kappa shape index (κ3) is 4.37. The lowest BCUT2D eigenvalue weighted by molar-refractivity contribution is 0.109. The Hall–Kier alpha value is -2.87. The van der Waals surface area contributed by atoms with Crippen LogP contribution in [-0.2, 0) is 0 Å². The van der Waals surface area contributed by atoms with E-state index in [1.807, 2.05) is 18.2 Å². The average molecular weight is 449 g/mol. The molecule has 32 heavy (non-hydrogen) atoms. The van der Waals surface area contributed by atoms with E-state index >= 15 is 0 Å². The molecule has 1 atom stereocenters. The van der Waals surface area contributed by atoms with Gasteiger partial charge in [-0.3, -0.25) is 4.90 Å². The molecule has 1 unspecified atom stereocenters. The van der Waals surface area contributed by atoms with E-state index in [1.165, 1.54) is 17.0 Å². The molecule has 1 N–H and O–H groups in total. The Bertz CT molecular complexity index is 1200. The molecule has 0 spiro atoms.